The molecular formula is C13H21NO3. The molecule has 1 amide bonds. The Morgan fingerprint density at radius 3 is 2.59 bits per heavy atom. The molecule has 0 aromatic carbocycles. The van der Waals surface area contributed by atoms with E-state index in [-0.39, 0.29) is 18.2 Å². The second-order valence-electron chi connectivity index (χ2n) is 5.24. The molecular weight excluding hydrogens is 218 g/mol. The van der Waals surface area contributed by atoms with Crippen LogP contribution < -0.4 is 0 Å². The minimum absolute atomic E-state index is 0.0413. The van der Waals surface area contributed by atoms with E-state index in [1.165, 1.54) is 12.8 Å². The topological polar surface area (TPSA) is 57.6 Å². The number of carbonyl (C=O) groups excluding carboxylic acids is 1. The van der Waals surface area contributed by atoms with Gasteiger partial charge < -0.3 is 10.0 Å². The summed E-state index contributed by atoms with van der Waals surface area (Å²) in [6.07, 6.45) is 7.27. The van der Waals surface area contributed by atoms with Crippen LogP contribution in [0.15, 0.2) is 0 Å². The molecule has 2 fully saturated rings. The molecule has 2 aliphatic rings. The van der Waals surface area contributed by atoms with E-state index in [0.29, 0.717) is 12.5 Å². The third kappa shape index (κ3) is 2.99. The zero-order valence-electron chi connectivity index (χ0n) is 10.2. The molecule has 17 heavy (non-hydrogen) atoms. The fraction of sp³-hybridized carbons (Fsp3) is 0.846. The third-order valence-corrected chi connectivity index (χ3v) is 4.06. The van der Waals surface area contributed by atoms with Gasteiger partial charge in [0.15, 0.2) is 0 Å². The smallest absolute Gasteiger partial charge is 0.303 e. The van der Waals surface area contributed by atoms with E-state index in [2.05, 4.69) is 0 Å². The average Bonchev–Trinajstić information content (AvgIpc) is 2.81. The lowest BCUT2D eigenvalue weighted by molar-refractivity contribution is -0.142. The van der Waals surface area contributed by atoms with Crippen LogP contribution in [0, 0.1) is 5.92 Å². The van der Waals surface area contributed by atoms with E-state index >= 15 is 0 Å². The lowest BCUT2D eigenvalue weighted by Crippen LogP contribution is -2.46. The fourth-order valence-electron chi connectivity index (χ4n) is 3.12. The first-order valence-electron chi connectivity index (χ1n) is 6.71. The molecule has 4 nitrogen and oxygen atoms in total. The van der Waals surface area contributed by atoms with E-state index < -0.39 is 5.97 Å². The molecule has 1 aliphatic heterocycles. The Morgan fingerprint density at radius 1 is 1.24 bits per heavy atom. The van der Waals surface area contributed by atoms with Crippen LogP contribution in [0.5, 0.6) is 0 Å². The van der Waals surface area contributed by atoms with Crippen molar-refractivity contribution in [2.75, 3.05) is 6.54 Å². The summed E-state index contributed by atoms with van der Waals surface area (Å²) in [4.78, 5) is 24.9. The molecule has 1 aliphatic carbocycles. The van der Waals surface area contributed by atoms with Gasteiger partial charge in [0.2, 0.25) is 5.91 Å². The molecule has 0 aromatic heterocycles. The number of carboxylic acids is 1. The maximum atomic E-state index is 12.3. The largest absolute Gasteiger partial charge is 0.481 e. The molecule has 2 rings (SSSR count). The molecule has 1 heterocycles. The number of hydrogen-bond acceptors (Lipinski definition) is 2. The summed E-state index contributed by atoms with van der Waals surface area (Å²) in [5, 5.41) is 8.68. The van der Waals surface area contributed by atoms with Crippen molar-refractivity contribution in [2.45, 2.75) is 57.4 Å². The van der Waals surface area contributed by atoms with Gasteiger partial charge in [-0.2, -0.15) is 0 Å². The second-order valence-corrected chi connectivity index (χ2v) is 5.24. The Labute approximate surface area is 102 Å². The van der Waals surface area contributed by atoms with Gasteiger partial charge in [0.05, 0.1) is 0 Å². The zero-order chi connectivity index (χ0) is 12.3. The molecule has 1 N–H and O–H groups in total. The number of hydrogen-bond donors (Lipinski definition) is 1. The predicted molar refractivity (Wildman–Crippen MR) is 63.6 cm³/mol. The van der Waals surface area contributed by atoms with Crippen molar-refractivity contribution in [1.29, 1.82) is 0 Å². The quantitative estimate of drug-likeness (QED) is 0.816. The number of likely N-dealkylation sites (tertiary alicyclic amines) is 1. The highest BCUT2D eigenvalue weighted by atomic mass is 16.4. The SMILES string of the molecule is O=C(O)CCC1CCCN(C2CCCC2)C1=O. The maximum Gasteiger partial charge on any atom is 0.303 e. The molecule has 1 saturated carbocycles. The van der Waals surface area contributed by atoms with Gasteiger partial charge in [0, 0.05) is 24.9 Å². The van der Waals surface area contributed by atoms with Gasteiger partial charge in [-0.05, 0) is 32.1 Å². The van der Waals surface area contributed by atoms with Crippen LogP contribution in [0.25, 0.3) is 0 Å². The van der Waals surface area contributed by atoms with Crippen LogP contribution in [0.3, 0.4) is 0 Å². The molecule has 0 aromatic rings. The van der Waals surface area contributed by atoms with Gasteiger partial charge >= 0.3 is 5.97 Å². The Morgan fingerprint density at radius 2 is 1.94 bits per heavy atom. The normalized spacial score (nSPS) is 26.5. The van der Waals surface area contributed by atoms with Crippen LogP contribution in [0.2, 0.25) is 0 Å². The predicted octanol–water partition coefficient (Wildman–Crippen LogP) is 2.03. The first kappa shape index (κ1) is 12.4. The van der Waals surface area contributed by atoms with Crippen LogP contribution in [-0.2, 0) is 9.59 Å². The van der Waals surface area contributed by atoms with Crippen LogP contribution in [-0.4, -0.2) is 34.5 Å². The van der Waals surface area contributed by atoms with Crippen molar-refractivity contribution in [1.82, 2.24) is 4.90 Å². The van der Waals surface area contributed by atoms with Crippen molar-refractivity contribution in [3.8, 4) is 0 Å². The van der Waals surface area contributed by atoms with E-state index in [1.807, 2.05) is 4.90 Å². The molecule has 0 bridgehead atoms. The average molecular weight is 239 g/mol. The summed E-state index contributed by atoms with van der Waals surface area (Å²) in [6, 6.07) is 0.440. The number of carbonyl (C=O) groups is 2. The number of rotatable bonds is 4. The number of piperidine rings is 1. The van der Waals surface area contributed by atoms with Gasteiger partial charge in [-0.25, -0.2) is 0 Å². The monoisotopic (exact) mass is 239 g/mol. The number of carboxylic acid groups (broad SMARTS) is 1. The fourth-order valence-corrected chi connectivity index (χ4v) is 3.12. The maximum absolute atomic E-state index is 12.3. The van der Waals surface area contributed by atoms with E-state index in [9.17, 15) is 9.59 Å². The van der Waals surface area contributed by atoms with Crippen molar-refractivity contribution in [2.24, 2.45) is 5.92 Å². The Kier molecular flexibility index (Phi) is 4.02. The highest BCUT2D eigenvalue weighted by molar-refractivity contribution is 5.80. The summed E-state index contributed by atoms with van der Waals surface area (Å²) in [5.41, 5.74) is 0. The molecule has 1 unspecified atom stereocenters. The summed E-state index contributed by atoms with van der Waals surface area (Å²) in [6.45, 7) is 0.882. The highest BCUT2D eigenvalue weighted by Crippen LogP contribution is 2.30. The number of aliphatic carboxylic acids is 1. The van der Waals surface area contributed by atoms with Crippen LogP contribution >= 0.6 is 0 Å². The lowest BCUT2D eigenvalue weighted by Gasteiger charge is -2.36. The van der Waals surface area contributed by atoms with Gasteiger partial charge in [0.1, 0.15) is 0 Å². The van der Waals surface area contributed by atoms with Crippen LogP contribution in [0.1, 0.15) is 51.4 Å². The summed E-state index contributed by atoms with van der Waals surface area (Å²) in [5.74, 6) is -0.624. The van der Waals surface area contributed by atoms with E-state index in [1.54, 1.807) is 0 Å². The van der Waals surface area contributed by atoms with Crippen LogP contribution in [0.4, 0.5) is 0 Å². The van der Waals surface area contributed by atoms with E-state index in [4.69, 9.17) is 5.11 Å². The van der Waals surface area contributed by atoms with E-state index in [0.717, 1.165) is 32.2 Å². The van der Waals surface area contributed by atoms with Crippen molar-refractivity contribution < 1.29 is 14.7 Å². The van der Waals surface area contributed by atoms with Gasteiger partial charge in [-0.15, -0.1) is 0 Å². The van der Waals surface area contributed by atoms with Gasteiger partial charge in [0.25, 0.3) is 0 Å². The molecule has 1 saturated heterocycles. The molecule has 96 valence electrons. The third-order valence-electron chi connectivity index (χ3n) is 4.06. The summed E-state index contributed by atoms with van der Waals surface area (Å²) < 4.78 is 0. The number of nitrogens with zero attached hydrogens (tertiary/aromatic N) is 1. The second kappa shape index (κ2) is 5.52. The van der Waals surface area contributed by atoms with Crippen molar-refractivity contribution in [3.05, 3.63) is 0 Å². The van der Waals surface area contributed by atoms with Gasteiger partial charge in [-0.3, -0.25) is 9.59 Å². The molecule has 1 atom stereocenters. The zero-order valence-corrected chi connectivity index (χ0v) is 10.2. The minimum atomic E-state index is -0.796. The minimum Gasteiger partial charge on any atom is -0.481 e. The molecule has 0 radical (unpaired) electrons. The molecule has 0 spiro atoms. The van der Waals surface area contributed by atoms with Gasteiger partial charge in [-0.1, -0.05) is 12.8 Å². The first-order valence-corrected chi connectivity index (χ1v) is 6.71. The molecule has 4 heteroatoms. The standard InChI is InChI=1S/C13H21NO3/c15-12(16)8-7-10-4-3-9-14(13(10)17)11-5-1-2-6-11/h10-11H,1-9H2,(H,15,16). The first-order chi connectivity index (χ1) is 8.18. The number of amides is 1. The summed E-state index contributed by atoms with van der Waals surface area (Å²) >= 11 is 0. The Balaban J connectivity index is 1.91. The van der Waals surface area contributed by atoms with Crippen molar-refractivity contribution >= 4 is 11.9 Å². The Bertz CT molecular complexity index is 297. The lowest BCUT2D eigenvalue weighted by atomic mass is 9.91. The highest BCUT2D eigenvalue weighted by Gasteiger charge is 2.34. The van der Waals surface area contributed by atoms with Crippen molar-refractivity contribution in [3.63, 3.8) is 0 Å². The Hall–Kier alpha value is -1.06. The summed E-state index contributed by atoms with van der Waals surface area (Å²) in [7, 11) is 0.